The highest BCUT2D eigenvalue weighted by molar-refractivity contribution is 5.79. The third-order valence-corrected chi connectivity index (χ3v) is 3.41. The molecule has 98 valence electrons. The Morgan fingerprint density at radius 2 is 2.17 bits per heavy atom. The van der Waals surface area contributed by atoms with Crippen molar-refractivity contribution in [2.45, 2.75) is 20.8 Å². The summed E-state index contributed by atoms with van der Waals surface area (Å²) in [5, 5.41) is 3.45. The van der Waals surface area contributed by atoms with Crippen LogP contribution in [0.3, 0.4) is 0 Å². The van der Waals surface area contributed by atoms with Gasteiger partial charge in [0.25, 0.3) is 0 Å². The van der Waals surface area contributed by atoms with Crippen molar-refractivity contribution < 1.29 is 0 Å². The van der Waals surface area contributed by atoms with Gasteiger partial charge in [-0.25, -0.2) is 4.98 Å². The fourth-order valence-corrected chi connectivity index (χ4v) is 2.09. The van der Waals surface area contributed by atoms with Crippen molar-refractivity contribution >= 4 is 16.7 Å². The van der Waals surface area contributed by atoms with Crippen molar-refractivity contribution in [2.75, 3.05) is 18.4 Å². The molecule has 2 rings (SSSR count). The summed E-state index contributed by atoms with van der Waals surface area (Å²) < 4.78 is 0. The van der Waals surface area contributed by atoms with Gasteiger partial charge in [-0.15, -0.1) is 0 Å². The Morgan fingerprint density at radius 3 is 2.83 bits per heavy atom. The molecule has 1 heterocycles. The predicted octanol–water partition coefficient (Wildman–Crippen LogP) is 2.51. The number of aromatic amines is 1. The highest BCUT2D eigenvalue weighted by atomic mass is 14.9. The van der Waals surface area contributed by atoms with Crippen LogP contribution in [0.4, 0.5) is 5.69 Å². The zero-order valence-electron chi connectivity index (χ0n) is 11.3. The van der Waals surface area contributed by atoms with Crippen LogP contribution in [0, 0.1) is 18.8 Å². The van der Waals surface area contributed by atoms with Crippen molar-refractivity contribution in [3.63, 3.8) is 0 Å². The zero-order valence-corrected chi connectivity index (χ0v) is 11.3. The third-order valence-electron chi connectivity index (χ3n) is 3.41. The maximum atomic E-state index is 5.78. The molecule has 0 spiro atoms. The third kappa shape index (κ3) is 2.82. The molecule has 1 atom stereocenters. The van der Waals surface area contributed by atoms with Gasteiger partial charge in [-0.05, 0) is 43.5 Å². The van der Waals surface area contributed by atoms with E-state index < -0.39 is 0 Å². The SMILES string of the molecule is Cc1nc2ccc(NCC(CN)C(C)C)cc2[nH]1. The molecule has 0 aliphatic rings. The standard InChI is InChI=1S/C14H22N4/c1-9(2)11(7-15)8-16-12-4-5-13-14(6-12)18-10(3)17-13/h4-6,9,11,16H,7-8,15H2,1-3H3,(H,17,18). The van der Waals surface area contributed by atoms with Crippen molar-refractivity contribution in [3.8, 4) is 0 Å². The monoisotopic (exact) mass is 246 g/mol. The van der Waals surface area contributed by atoms with E-state index in [-0.39, 0.29) is 0 Å². The summed E-state index contributed by atoms with van der Waals surface area (Å²) in [4.78, 5) is 7.64. The second-order valence-corrected chi connectivity index (χ2v) is 5.17. The molecule has 0 aliphatic heterocycles. The number of rotatable bonds is 5. The van der Waals surface area contributed by atoms with Gasteiger partial charge >= 0.3 is 0 Å². The average molecular weight is 246 g/mol. The van der Waals surface area contributed by atoms with Gasteiger partial charge in [-0.3, -0.25) is 0 Å². The number of nitrogens with two attached hydrogens (primary N) is 1. The van der Waals surface area contributed by atoms with E-state index in [1.165, 1.54) is 0 Å². The second kappa shape index (κ2) is 5.40. The number of H-pyrrole nitrogens is 1. The van der Waals surface area contributed by atoms with E-state index in [1.807, 2.05) is 13.0 Å². The number of anilines is 1. The van der Waals surface area contributed by atoms with Crippen LogP contribution in [-0.4, -0.2) is 23.1 Å². The molecule has 4 N–H and O–H groups in total. The first-order valence-corrected chi connectivity index (χ1v) is 6.50. The lowest BCUT2D eigenvalue weighted by Gasteiger charge is -2.19. The number of aryl methyl sites for hydroxylation is 1. The summed E-state index contributed by atoms with van der Waals surface area (Å²) in [6.07, 6.45) is 0. The first-order chi connectivity index (χ1) is 8.60. The van der Waals surface area contributed by atoms with E-state index in [4.69, 9.17) is 5.73 Å². The van der Waals surface area contributed by atoms with Gasteiger partial charge in [0, 0.05) is 12.2 Å². The van der Waals surface area contributed by atoms with Crippen molar-refractivity contribution in [1.29, 1.82) is 0 Å². The summed E-state index contributed by atoms with van der Waals surface area (Å²) in [6.45, 7) is 8.01. The number of hydrogen-bond donors (Lipinski definition) is 3. The zero-order chi connectivity index (χ0) is 13.1. The Balaban J connectivity index is 2.07. The van der Waals surface area contributed by atoms with Crippen LogP contribution in [0.15, 0.2) is 18.2 Å². The molecule has 4 nitrogen and oxygen atoms in total. The summed E-state index contributed by atoms with van der Waals surface area (Å²) in [5.41, 5.74) is 8.98. The van der Waals surface area contributed by atoms with Crippen LogP contribution in [0.2, 0.25) is 0 Å². The maximum absolute atomic E-state index is 5.78. The summed E-state index contributed by atoms with van der Waals surface area (Å²) >= 11 is 0. The molecule has 0 bridgehead atoms. The molecule has 0 aliphatic carbocycles. The summed E-state index contributed by atoms with van der Waals surface area (Å²) in [5.74, 6) is 2.05. The molecule has 1 unspecified atom stereocenters. The Morgan fingerprint density at radius 1 is 1.39 bits per heavy atom. The molecular formula is C14H22N4. The Hall–Kier alpha value is -1.55. The first kappa shape index (κ1) is 12.9. The number of nitrogens with zero attached hydrogens (tertiary/aromatic N) is 1. The number of fused-ring (bicyclic) bond motifs is 1. The molecule has 0 saturated heterocycles. The van der Waals surface area contributed by atoms with Crippen LogP contribution in [0.5, 0.6) is 0 Å². The van der Waals surface area contributed by atoms with E-state index in [0.717, 1.165) is 35.6 Å². The number of imidazole rings is 1. The molecule has 1 aromatic carbocycles. The van der Waals surface area contributed by atoms with Crippen LogP contribution < -0.4 is 11.1 Å². The minimum absolute atomic E-state index is 0.504. The van der Waals surface area contributed by atoms with E-state index in [0.29, 0.717) is 11.8 Å². The van der Waals surface area contributed by atoms with Crippen molar-refractivity contribution in [1.82, 2.24) is 9.97 Å². The largest absolute Gasteiger partial charge is 0.385 e. The van der Waals surface area contributed by atoms with Gasteiger partial charge in [0.05, 0.1) is 11.0 Å². The van der Waals surface area contributed by atoms with E-state index in [2.05, 4.69) is 41.3 Å². The van der Waals surface area contributed by atoms with Gasteiger partial charge in [0.2, 0.25) is 0 Å². The molecule has 0 amide bonds. The molecule has 2 aromatic rings. The van der Waals surface area contributed by atoms with E-state index in [1.54, 1.807) is 0 Å². The Kier molecular flexibility index (Phi) is 3.87. The van der Waals surface area contributed by atoms with Crippen molar-refractivity contribution in [2.24, 2.45) is 17.6 Å². The Bertz CT molecular complexity index is 515. The van der Waals surface area contributed by atoms with Crippen LogP contribution >= 0.6 is 0 Å². The van der Waals surface area contributed by atoms with Gasteiger partial charge < -0.3 is 16.0 Å². The number of aromatic nitrogens is 2. The lowest BCUT2D eigenvalue weighted by atomic mass is 9.96. The lowest BCUT2D eigenvalue weighted by Crippen LogP contribution is -2.27. The highest BCUT2D eigenvalue weighted by Gasteiger charge is 2.11. The molecule has 1 aromatic heterocycles. The number of benzene rings is 1. The topological polar surface area (TPSA) is 66.7 Å². The van der Waals surface area contributed by atoms with E-state index >= 15 is 0 Å². The van der Waals surface area contributed by atoms with Gasteiger partial charge in [-0.1, -0.05) is 13.8 Å². The average Bonchev–Trinajstić information content (AvgIpc) is 2.68. The lowest BCUT2D eigenvalue weighted by molar-refractivity contribution is 0.413. The smallest absolute Gasteiger partial charge is 0.104 e. The number of hydrogen-bond acceptors (Lipinski definition) is 3. The van der Waals surface area contributed by atoms with Crippen LogP contribution in [0.1, 0.15) is 19.7 Å². The van der Waals surface area contributed by atoms with Crippen LogP contribution in [0.25, 0.3) is 11.0 Å². The van der Waals surface area contributed by atoms with Crippen molar-refractivity contribution in [3.05, 3.63) is 24.0 Å². The van der Waals surface area contributed by atoms with E-state index in [9.17, 15) is 0 Å². The second-order valence-electron chi connectivity index (χ2n) is 5.17. The first-order valence-electron chi connectivity index (χ1n) is 6.50. The van der Waals surface area contributed by atoms with Gasteiger partial charge in [-0.2, -0.15) is 0 Å². The molecule has 18 heavy (non-hydrogen) atoms. The number of nitrogens with one attached hydrogen (secondary N) is 2. The van der Waals surface area contributed by atoms with Gasteiger partial charge in [0.1, 0.15) is 5.82 Å². The summed E-state index contributed by atoms with van der Waals surface area (Å²) in [7, 11) is 0. The molecule has 4 heteroatoms. The normalized spacial score (nSPS) is 13.2. The highest BCUT2D eigenvalue weighted by Crippen LogP contribution is 2.18. The molecule has 0 fully saturated rings. The van der Waals surface area contributed by atoms with Crippen LogP contribution in [-0.2, 0) is 0 Å². The summed E-state index contributed by atoms with van der Waals surface area (Å²) in [6, 6.07) is 6.20. The molecule has 0 saturated carbocycles. The fourth-order valence-electron chi connectivity index (χ4n) is 2.09. The maximum Gasteiger partial charge on any atom is 0.104 e. The minimum atomic E-state index is 0.504. The predicted molar refractivity (Wildman–Crippen MR) is 76.7 cm³/mol. The Labute approximate surface area is 108 Å². The molecular weight excluding hydrogens is 224 g/mol. The minimum Gasteiger partial charge on any atom is -0.385 e. The quantitative estimate of drug-likeness (QED) is 0.759. The fraction of sp³-hybridized carbons (Fsp3) is 0.500. The van der Waals surface area contributed by atoms with Gasteiger partial charge in [0.15, 0.2) is 0 Å². The molecule has 0 radical (unpaired) electrons.